The van der Waals surface area contributed by atoms with Crippen LogP contribution in [0.1, 0.15) is 20.3 Å². The van der Waals surface area contributed by atoms with Crippen molar-refractivity contribution in [2.75, 3.05) is 40.3 Å². The summed E-state index contributed by atoms with van der Waals surface area (Å²) in [7, 11) is 4.37. The highest BCUT2D eigenvalue weighted by Crippen LogP contribution is 2.15. The van der Waals surface area contributed by atoms with Gasteiger partial charge in [-0.25, -0.2) is 0 Å². The molecular formula is C11H25N3. The zero-order valence-corrected chi connectivity index (χ0v) is 10.1. The molecular weight excluding hydrogens is 174 g/mol. The molecule has 3 heteroatoms. The van der Waals surface area contributed by atoms with Crippen LogP contribution in [0, 0.1) is 5.92 Å². The maximum Gasteiger partial charge on any atom is 0.0225 e. The van der Waals surface area contributed by atoms with E-state index in [0.717, 1.165) is 12.5 Å². The van der Waals surface area contributed by atoms with Gasteiger partial charge in [0.25, 0.3) is 0 Å². The molecule has 0 spiro atoms. The van der Waals surface area contributed by atoms with Crippen molar-refractivity contribution in [1.82, 2.24) is 9.80 Å². The van der Waals surface area contributed by atoms with Gasteiger partial charge in [-0.2, -0.15) is 0 Å². The molecule has 1 unspecified atom stereocenters. The van der Waals surface area contributed by atoms with Gasteiger partial charge in [0.05, 0.1) is 0 Å². The van der Waals surface area contributed by atoms with Gasteiger partial charge in [0.2, 0.25) is 0 Å². The summed E-state index contributed by atoms with van der Waals surface area (Å²) in [4.78, 5) is 4.77. The standard InChI is InChI=1S/C11H25N3/c1-11(2,12)9-14(4)8-10-5-6-13(3)7-10/h10H,5-9,12H2,1-4H3. The first-order chi connectivity index (χ1) is 6.37. The molecule has 0 aromatic rings. The van der Waals surface area contributed by atoms with Crippen LogP contribution < -0.4 is 5.73 Å². The van der Waals surface area contributed by atoms with Crippen LogP contribution in [0.25, 0.3) is 0 Å². The summed E-state index contributed by atoms with van der Waals surface area (Å²) >= 11 is 0. The largest absolute Gasteiger partial charge is 0.324 e. The van der Waals surface area contributed by atoms with E-state index in [9.17, 15) is 0 Å². The van der Waals surface area contributed by atoms with Crippen molar-refractivity contribution < 1.29 is 0 Å². The van der Waals surface area contributed by atoms with Crippen LogP contribution in [0.4, 0.5) is 0 Å². The van der Waals surface area contributed by atoms with E-state index in [2.05, 4.69) is 37.7 Å². The fourth-order valence-electron chi connectivity index (χ4n) is 2.38. The molecule has 1 aliphatic heterocycles. The van der Waals surface area contributed by atoms with Crippen LogP contribution in [0.3, 0.4) is 0 Å². The van der Waals surface area contributed by atoms with Crippen LogP contribution in [0.5, 0.6) is 0 Å². The van der Waals surface area contributed by atoms with Gasteiger partial charge in [-0.15, -0.1) is 0 Å². The van der Waals surface area contributed by atoms with E-state index >= 15 is 0 Å². The molecule has 3 nitrogen and oxygen atoms in total. The van der Waals surface area contributed by atoms with Gasteiger partial charge in [-0.05, 0) is 46.8 Å². The molecule has 14 heavy (non-hydrogen) atoms. The maximum atomic E-state index is 5.99. The third-order valence-corrected chi connectivity index (χ3v) is 2.74. The van der Waals surface area contributed by atoms with Crippen molar-refractivity contribution in [1.29, 1.82) is 0 Å². The lowest BCUT2D eigenvalue weighted by Crippen LogP contribution is -2.45. The van der Waals surface area contributed by atoms with Crippen LogP contribution in [-0.4, -0.2) is 55.6 Å². The second-order valence-corrected chi connectivity index (χ2v) is 5.60. The second kappa shape index (κ2) is 4.60. The van der Waals surface area contributed by atoms with Crippen LogP contribution in [-0.2, 0) is 0 Å². The van der Waals surface area contributed by atoms with Gasteiger partial charge in [-0.1, -0.05) is 0 Å². The third kappa shape index (κ3) is 4.40. The first-order valence-corrected chi connectivity index (χ1v) is 5.53. The second-order valence-electron chi connectivity index (χ2n) is 5.60. The Morgan fingerprint density at radius 3 is 2.57 bits per heavy atom. The van der Waals surface area contributed by atoms with E-state index in [4.69, 9.17) is 5.73 Å². The average molecular weight is 199 g/mol. The van der Waals surface area contributed by atoms with E-state index in [1.165, 1.54) is 26.1 Å². The number of nitrogens with two attached hydrogens (primary N) is 1. The maximum absolute atomic E-state index is 5.99. The van der Waals surface area contributed by atoms with Crippen molar-refractivity contribution in [3.05, 3.63) is 0 Å². The van der Waals surface area contributed by atoms with E-state index in [0.29, 0.717) is 0 Å². The number of nitrogens with zero attached hydrogens (tertiary/aromatic N) is 2. The molecule has 0 aromatic heterocycles. The van der Waals surface area contributed by atoms with Crippen molar-refractivity contribution in [2.24, 2.45) is 11.7 Å². The monoisotopic (exact) mass is 199 g/mol. The van der Waals surface area contributed by atoms with E-state index in [-0.39, 0.29) is 5.54 Å². The summed E-state index contributed by atoms with van der Waals surface area (Å²) < 4.78 is 0. The first kappa shape index (κ1) is 12.0. The van der Waals surface area contributed by atoms with Crippen molar-refractivity contribution in [3.8, 4) is 0 Å². The summed E-state index contributed by atoms with van der Waals surface area (Å²) in [5.41, 5.74) is 5.92. The fourth-order valence-corrected chi connectivity index (χ4v) is 2.38. The Labute approximate surface area is 88.2 Å². The highest BCUT2D eigenvalue weighted by atomic mass is 15.2. The van der Waals surface area contributed by atoms with Crippen molar-refractivity contribution >= 4 is 0 Å². The molecule has 1 aliphatic rings. The zero-order chi connectivity index (χ0) is 10.8. The van der Waals surface area contributed by atoms with Gasteiger partial charge in [0, 0.05) is 25.2 Å². The Hall–Kier alpha value is -0.120. The van der Waals surface area contributed by atoms with E-state index < -0.39 is 0 Å². The van der Waals surface area contributed by atoms with E-state index in [1.54, 1.807) is 0 Å². The summed E-state index contributed by atoms with van der Waals surface area (Å²) in [6.45, 7) is 8.84. The Morgan fingerprint density at radius 1 is 1.50 bits per heavy atom. The minimum Gasteiger partial charge on any atom is -0.324 e. The lowest BCUT2D eigenvalue weighted by molar-refractivity contribution is 0.232. The molecule has 1 fully saturated rings. The molecule has 0 amide bonds. The van der Waals surface area contributed by atoms with Crippen molar-refractivity contribution in [2.45, 2.75) is 25.8 Å². The summed E-state index contributed by atoms with van der Waals surface area (Å²) in [5.74, 6) is 0.840. The number of rotatable bonds is 4. The van der Waals surface area contributed by atoms with Gasteiger partial charge in [0.15, 0.2) is 0 Å². The normalized spacial score (nSPS) is 24.9. The molecule has 2 N–H and O–H groups in total. The van der Waals surface area contributed by atoms with Gasteiger partial charge in [-0.3, -0.25) is 0 Å². The predicted molar refractivity (Wildman–Crippen MR) is 61.4 cm³/mol. The number of likely N-dealkylation sites (N-methyl/N-ethyl adjacent to an activating group) is 1. The summed E-state index contributed by atoms with van der Waals surface area (Å²) in [6.07, 6.45) is 1.34. The highest BCUT2D eigenvalue weighted by Gasteiger charge is 2.22. The Kier molecular flexibility index (Phi) is 3.93. The topological polar surface area (TPSA) is 32.5 Å². The number of hydrogen-bond acceptors (Lipinski definition) is 3. The van der Waals surface area contributed by atoms with Crippen molar-refractivity contribution in [3.63, 3.8) is 0 Å². The van der Waals surface area contributed by atoms with Gasteiger partial charge < -0.3 is 15.5 Å². The lowest BCUT2D eigenvalue weighted by Gasteiger charge is -2.28. The first-order valence-electron chi connectivity index (χ1n) is 5.53. The third-order valence-electron chi connectivity index (χ3n) is 2.74. The SMILES string of the molecule is CN1CCC(CN(C)CC(C)(C)N)C1. The van der Waals surface area contributed by atoms with E-state index in [1.807, 2.05) is 0 Å². The Bertz CT molecular complexity index is 174. The van der Waals surface area contributed by atoms with Crippen LogP contribution in [0.2, 0.25) is 0 Å². The molecule has 1 rings (SSSR count). The minimum absolute atomic E-state index is 0.0702. The molecule has 0 aliphatic carbocycles. The quantitative estimate of drug-likeness (QED) is 0.720. The van der Waals surface area contributed by atoms with Gasteiger partial charge in [0.1, 0.15) is 0 Å². The Balaban J connectivity index is 2.24. The minimum atomic E-state index is -0.0702. The molecule has 0 aromatic carbocycles. The average Bonchev–Trinajstić information content (AvgIpc) is 2.30. The lowest BCUT2D eigenvalue weighted by atomic mass is 10.0. The summed E-state index contributed by atoms with van der Waals surface area (Å²) in [5, 5.41) is 0. The molecule has 84 valence electrons. The molecule has 1 heterocycles. The fraction of sp³-hybridized carbons (Fsp3) is 1.00. The smallest absolute Gasteiger partial charge is 0.0225 e. The summed E-state index contributed by atoms with van der Waals surface area (Å²) in [6, 6.07) is 0. The molecule has 1 atom stereocenters. The molecule has 0 radical (unpaired) electrons. The molecule has 0 saturated carbocycles. The molecule has 0 bridgehead atoms. The highest BCUT2D eigenvalue weighted by molar-refractivity contribution is 4.80. The number of hydrogen-bond donors (Lipinski definition) is 1. The molecule has 1 saturated heterocycles. The zero-order valence-electron chi connectivity index (χ0n) is 10.1. The predicted octanol–water partition coefficient (Wildman–Crippen LogP) is 0.607. The number of likely N-dealkylation sites (tertiary alicyclic amines) is 1. The van der Waals surface area contributed by atoms with Gasteiger partial charge >= 0.3 is 0 Å². The van der Waals surface area contributed by atoms with Crippen LogP contribution in [0.15, 0.2) is 0 Å². The van der Waals surface area contributed by atoms with Crippen LogP contribution >= 0.6 is 0 Å². The Morgan fingerprint density at radius 2 is 2.14 bits per heavy atom.